The molecule has 7 heteroatoms. The fourth-order valence-electron chi connectivity index (χ4n) is 2.06. The number of amides is 1. The molecule has 1 fully saturated rings. The van der Waals surface area contributed by atoms with E-state index in [4.69, 9.17) is 5.73 Å². The van der Waals surface area contributed by atoms with Crippen LogP contribution in [0.1, 0.15) is 23.2 Å². The van der Waals surface area contributed by atoms with E-state index < -0.39 is 10.0 Å². The van der Waals surface area contributed by atoms with Crippen LogP contribution in [0, 0.1) is 5.92 Å². The molecule has 1 atom stereocenters. The summed E-state index contributed by atoms with van der Waals surface area (Å²) in [7, 11) is -3.64. The Bertz CT molecular complexity index is 654. The van der Waals surface area contributed by atoms with Gasteiger partial charge in [-0.05, 0) is 37.0 Å². The van der Waals surface area contributed by atoms with Gasteiger partial charge >= 0.3 is 0 Å². The van der Waals surface area contributed by atoms with E-state index in [9.17, 15) is 13.2 Å². The van der Waals surface area contributed by atoms with Crippen LogP contribution in [0.15, 0.2) is 41.8 Å². The average Bonchev–Trinajstić information content (AvgIpc) is 3.35. The lowest BCUT2D eigenvalue weighted by atomic mass is 10.2. The Morgan fingerprint density at radius 3 is 2.82 bits per heavy atom. The first-order chi connectivity index (χ1) is 10.4. The lowest BCUT2D eigenvalue weighted by molar-refractivity contribution is 0.0950. The highest BCUT2D eigenvalue weighted by atomic mass is 32.2. The quantitative estimate of drug-likeness (QED) is 0.610. The van der Waals surface area contributed by atoms with Crippen LogP contribution in [0.2, 0.25) is 0 Å². The molecule has 1 unspecified atom stereocenters. The van der Waals surface area contributed by atoms with Gasteiger partial charge in [-0.25, -0.2) is 13.1 Å². The van der Waals surface area contributed by atoms with E-state index in [1.165, 1.54) is 24.3 Å². The molecule has 0 aromatic heterocycles. The van der Waals surface area contributed by atoms with Crippen LogP contribution in [0.3, 0.4) is 0 Å². The van der Waals surface area contributed by atoms with Crippen molar-refractivity contribution in [3.05, 3.63) is 42.5 Å². The first-order valence-corrected chi connectivity index (χ1v) is 8.67. The Hall–Kier alpha value is -1.70. The molecule has 120 valence electrons. The van der Waals surface area contributed by atoms with Gasteiger partial charge in [0.2, 0.25) is 10.0 Å². The normalized spacial score (nSPS) is 16.0. The second-order valence-electron chi connectivity index (χ2n) is 5.38. The highest BCUT2D eigenvalue weighted by Gasteiger charge is 2.28. The first-order valence-electron chi connectivity index (χ1n) is 7.18. The van der Waals surface area contributed by atoms with E-state index in [1.54, 1.807) is 6.07 Å². The lowest BCUT2D eigenvalue weighted by Gasteiger charge is -2.12. The third-order valence-corrected chi connectivity index (χ3v) is 4.97. The molecule has 1 aliphatic rings. The summed E-state index contributed by atoms with van der Waals surface area (Å²) < 4.78 is 26.4. The van der Waals surface area contributed by atoms with Crippen molar-refractivity contribution in [2.24, 2.45) is 11.7 Å². The molecule has 0 radical (unpaired) electrons. The fourth-order valence-corrected chi connectivity index (χ4v) is 3.10. The fraction of sp³-hybridized carbons (Fsp3) is 0.400. The molecule has 0 saturated heterocycles. The summed E-state index contributed by atoms with van der Waals surface area (Å²) in [5.74, 6) is 0.173. The Morgan fingerprint density at radius 2 is 2.18 bits per heavy atom. The van der Waals surface area contributed by atoms with Gasteiger partial charge in [0.25, 0.3) is 5.91 Å². The molecular formula is C15H21N3O3S. The summed E-state index contributed by atoms with van der Waals surface area (Å²) in [5, 5.41) is 2.75. The minimum Gasteiger partial charge on any atom is -0.350 e. The summed E-state index contributed by atoms with van der Waals surface area (Å²) in [6.07, 6.45) is 3.67. The number of nitrogens with two attached hydrogens (primary N) is 1. The molecule has 2 rings (SSSR count). The Kier molecular flexibility index (Phi) is 5.33. The maximum absolute atomic E-state index is 12.1. The molecule has 4 N–H and O–H groups in total. The number of hydrogen-bond donors (Lipinski definition) is 3. The van der Waals surface area contributed by atoms with E-state index in [1.807, 2.05) is 0 Å². The van der Waals surface area contributed by atoms with Crippen LogP contribution in [0.4, 0.5) is 0 Å². The number of benzene rings is 1. The molecule has 1 aromatic carbocycles. The van der Waals surface area contributed by atoms with E-state index in [0.29, 0.717) is 18.0 Å². The number of rotatable bonds is 8. The summed E-state index contributed by atoms with van der Waals surface area (Å²) >= 11 is 0. The van der Waals surface area contributed by atoms with Crippen molar-refractivity contribution >= 4 is 15.9 Å². The summed E-state index contributed by atoms with van der Waals surface area (Å²) in [5.41, 5.74) is 6.23. The predicted molar refractivity (Wildman–Crippen MR) is 84.9 cm³/mol. The van der Waals surface area contributed by atoms with E-state index >= 15 is 0 Å². The molecular weight excluding hydrogens is 302 g/mol. The molecule has 6 nitrogen and oxygen atoms in total. The summed E-state index contributed by atoms with van der Waals surface area (Å²) in [4.78, 5) is 12.1. The van der Waals surface area contributed by atoms with E-state index in [-0.39, 0.29) is 23.4 Å². The van der Waals surface area contributed by atoms with Crippen molar-refractivity contribution in [2.75, 3.05) is 13.1 Å². The SMILES string of the molecule is C=CCNS(=O)(=O)c1cccc(C(=O)NCC(N)C2CC2)c1. The lowest BCUT2D eigenvalue weighted by Crippen LogP contribution is -2.38. The number of sulfonamides is 1. The first kappa shape index (κ1) is 16.7. The topological polar surface area (TPSA) is 101 Å². The number of hydrogen-bond acceptors (Lipinski definition) is 4. The monoisotopic (exact) mass is 323 g/mol. The van der Waals surface area contributed by atoms with Crippen molar-refractivity contribution in [3.63, 3.8) is 0 Å². The van der Waals surface area contributed by atoms with Gasteiger partial charge in [-0.1, -0.05) is 12.1 Å². The highest BCUT2D eigenvalue weighted by molar-refractivity contribution is 7.89. The maximum Gasteiger partial charge on any atom is 0.251 e. The third kappa shape index (κ3) is 4.40. The minimum absolute atomic E-state index is 0.0369. The largest absolute Gasteiger partial charge is 0.350 e. The molecule has 0 bridgehead atoms. The van der Waals surface area contributed by atoms with E-state index in [2.05, 4.69) is 16.6 Å². The Morgan fingerprint density at radius 1 is 1.45 bits per heavy atom. The average molecular weight is 323 g/mol. The molecule has 0 heterocycles. The smallest absolute Gasteiger partial charge is 0.251 e. The van der Waals surface area contributed by atoms with Gasteiger partial charge in [-0.15, -0.1) is 6.58 Å². The van der Waals surface area contributed by atoms with Gasteiger partial charge < -0.3 is 11.1 Å². The van der Waals surface area contributed by atoms with Gasteiger partial charge in [-0.3, -0.25) is 4.79 Å². The van der Waals surface area contributed by atoms with Crippen LogP contribution >= 0.6 is 0 Å². The standard InChI is InChI=1S/C15H21N3O3S/c1-2-8-18-22(20,21)13-5-3-4-12(9-13)15(19)17-10-14(16)11-6-7-11/h2-5,9,11,14,18H,1,6-8,10,16H2,(H,17,19). The van der Waals surface area contributed by atoms with Crippen LogP contribution in [-0.2, 0) is 10.0 Å². The van der Waals surface area contributed by atoms with Gasteiger partial charge in [-0.2, -0.15) is 0 Å². The molecule has 0 spiro atoms. The minimum atomic E-state index is -3.64. The summed E-state index contributed by atoms with van der Waals surface area (Å²) in [6, 6.07) is 5.87. The van der Waals surface area contributed by atoms with Gasteiger partial charge in [0, 0.05) is 24.7 Å². The third-order valence-electron chi connectivity index (χ3n) is 3.55. The molecule has 0 aliphatic heterocycles. The second-order valence-corrected chi connectivity index (χ2v) is 7.15. The van der Waals surface area contributed by atoms with Crippen LogP contribution in [0.25, 0.3) is 0 Å². The van der Waals surface area contributed by atoms with Crippen molar-refractivity contribution < 1.29 is 13.2 Å². The van der Waals surface area contributed by atoms with Crippen LogP contribution in [0.5, 0.6) is 0 Å². The Balaban J connectivity index is 2.03. The zero-order valence-corrected chi connectivity index (χ0v) is 13.1. The van der Waals surface area contributed by atoms with Crippen LogP contribution < -0.4 is 15.8 Å². The van der Waals surface area contributed by atoms with Gasteiger partial charge in [0.15, 0.2) is 0 Å². The zero-order chi connectivity index (χ0) is 16.2. The zero-order valence-electron chi connectivity index (χ0n) is 12.3. The molecule has 1 amide bonds. The van der Waals surface area contributed by atoms with Gasteiger partial charge in [0.05, 0.1) is 4.90 Å². The number of nitrogens with one attached hydrogen (secondary N) is 2. The van der Waals surface area contributed by atoms with Crippen molar-refractivity contribution in [1.29, 1.82) is 0 Å². The van der Waals surface area contributed by atoms with Crippen molar-refractivity contribution in [2.45, 2.75) is 23.8 Å². The van der Waals surface area contributed by atoms with Gasteiger partial charge in [0.1, 0.15) is 0 Å². The molecule has 22 heavy (non-hydrogen) atoms. The second kappa shape index (κ2) is 7.04. The molecule has 1 saturated carbocycles. The molecule has 1 aromatic rings. The number of carbonyl (C=O) groups excluding carboxylic acids is 1. The van der Waals surface area contributed by atoms with E-state index in [0.717, 1.165) is 12.8 Å². The van der Waals surface area contributed by atoms with Crippen LogP contribution in [-0.4, -0.2) is 33.5 Å². The Labute approximate surface area is 130 Å². The summed E-state index contributed by atoms with van der Waals surface area (Å²) in [6.45, 7) is 3.99. The van der Waals surface area contributed by atoms with Crippen molar-refractivity contribution in [1.82, 2.24) is 10.0 Å². The van der Waals surface area contributed by atoms with Crippen molar-refractivity contribution in [3.8, 4) is 0 Å². The number of carbonyl (C=O) groups is 1. The maximum atomic E-state index is 12.1. The molecule has 1 aliphatic carbocycles. The highest BCUT2D eigenvalue weighted by Crippen LogP contribution is 2.31. The predicted octanol–water partition coefficient (Wildman–Crippen LogP) is 0.618.